The zero-order valence-electron chi connectivity index (χ0n) is 12.2. The van der Waals surface area contributed by atoms with Gasteiger partial charge in [0, 0.05) is 25.0 Å². The number of amides is 2. The SMILES string of the molecule is CNC(=O)CNc1cc(NC(=O)C2CCC(C)O2)ccn1. The van der Waals surface area contributed by atoms with Crippen LogP contribution in [0.15, 0.2) is 18.3 Å². The van der Waals surface area contributed by atoms with Gasteiger partial charge in [-0.05, 0) is 25.8 Å². The van der Waals surface area contributed by atoms with Gasteiger partial charge in [-0.15, -0.1) is 0 Å². The minimum atomic E-state index is -0.393. The smallest absolute Gasteiger partial charge is 0.253 e. The third kappa shape index (κ3) is 4.42. The van der Waals surface area contributed by atoms with E-state index in [-0.39, 0.29) is 24.5 Å². The van der Waals surface area contributed by atoms with Crippen molar-refractivity contribution in [2.75, 3.05) is 24.2 Å². The Morgan fingerprint density at radius 3 is 2.90 bits per heavy atom. The lowest BCUT2D eigenvalue weighted by atomic mass is 10.2. The first-order chi connectivity index (χ1) is 10.1. The lowest BCUT2D eigenvalue weighted by Gasteiger charge is -2.12. The molecule has 2 amide bonds. The molecule has 0 aliphatic carbocycles. The van der Waals surface area contributed by atoms with Gasteiger partial charge in [-0.2, -0.15) is 0 Å². The van der Waals surface area contributed by atoms with Crippen molar-refractivity contribution < 1.29 is 14.3 Å². The van der Waals surface area contributed by atoms with E-state index in [0.29, 0.717) is 11.5 Å². The summed E-state index contributed by atoms with van der Waals surface area (Å²) < 4.78 is 5.52. The van der Waals surface area contributed by atoms with Crippen LogP contribution >= 0.6 is 0 Å². The van der Waals surface area contributed by atoms with Gasteiger partial charge in [0.25, 0.3) is 5.91 Å². The van der Waals surface area contributed by atoms with Crippen LogP contribution in [-0.2, 0) is 14.3 Å². The Hall–Kier alpha value is -2.15. The second-order valence-corrected chi connectivity index (χ2v) is 4.96. The summed E-state index contributed by atoms with van der Waals surface area (Å²) in [4.78, 5) is 27.3. The van der Waals surface area contributed by atoms with Gasteiger partial charge in [-0.3, -0.25) is 9.59 Å². The van der Waals surface area contributed by atoms with E-state index >= 15 is 0 Å². The fourth-order valence-corrected chi connectivity index (χ4v) is 2.08. The summed E-state index contributed by atoms with van der Waals surface area (Å²) in [6.45, 7) is 2.09. The van der Waals surface area contributed by atoms with Crippen LogP contribution < -0.4 is 16.0 Å². The summed E-state index contributed by atoms with van der Waals surface area (Å²) in [5.41, 5.74) is 0.623. The van der Waals surface area contributed by atoms with Crippen LogP contribution in [0.1, 0.15) is 19.8 Å². The van der Waals surface area contributed by atoms with Gasteiger partial charge in [-0.1, -0.05) is 0 Å². The third-order valence-electron chi connectivity index (χ3n) is 3.26. The zero-order chi connectivity index (χ0) is 15.2. The van der Waals surface area contributed by atoms with Crippen LogP contribution in [-0.4, -0.2) is 42.6 Å². The topological polar surface area (TPSA) is 92.4 Å². The molecular formula is C14H20N4O3. The quantitative estimate of drug-likeness (QED) is 0.744. The van der Waals surface area contributed by atoms with E-state index < -0.39 is 6.10 Å². The minimum Gasteiger partial charge on any atom is -0.365 e. The van der Waals surface area contributed by atoms with Crippen molar-refractivity contribution in [3.8, 4) is 0 Å². The second kappa shape index (κ2) is 7.03. The first-order valence-corrected chi connectivity index (χ1v) is 6.95. The highest BCUT2D eigenvalue weighted by Crippen LogP contribution is 2.21. The largest absolute Gasteiger partial charge is 0.365 e. The molecule has 2 heterocycles. The number of carbonyl (C=O) groups is 2. The number of likely N-dealkylation sites (N-methyl/N-ethyl adjacent to an activating group) is 1. The molecule has 0 bridgehead atoms. The van der Waals surface area contributed by atoms with Crippen molar-refractivity contribution in [1.82, 2.24) is 10.3 Å². The highest BCUT2D eigenvalue weighted by Gasteiger charge is 2.28. The molecule has 3 N–H and O–H groups in total. The zero-order valence-corrected chi connectivity index (χ0v) is 12.2. The molecule has 0 spiro atoms. The van der Waals surface area contributed by atoms with E-state index in [1.54, 1.807) is 25.4 Å². The van der Waals surface area contributed by atoms with E-state index in [1.165, 1.54) is 0 Å². The Labute approximate surface area is 123 Å². The fraction of sp³-hybridized carbons (Fsp3) is 0.500. The minimum absolute atomic E-state index is 0.128. The molecule has 7 heteroatoms. The number of anilines is 2. The molecule has 0 saturated carbocycles. The van der Waals surface area contributed by atoms with Gasteiger partial charge in [0.2, 0.25) is 5.91 Å². The average Bonchev–Trinajstić information content (AvgIpc) is 2.92. The second-order valence-electron chi connectivity index (χ2n) is 4.96. The number of carbonyl (C=O) groups excluding carboxylic acids is 2. The number of ether oxygens (including phenoxy) is 1. The van der Waals surface area contributed by atoms with Crippen molar-refractivity contribution >= 4 is 23.3 Å². The molecular weight excluding hydrogens is 272 g/mol. The lowest BCUT2D eigenvalue weighted by Crippen LogP contribution is -2.28. The number of aromatic nitrogens is 1. The lowest BCUT2D eigenvalue weighted by molar-refractivity contribution is -0.126. The molecule has 2 rings (SSSR count). The fourth-order valence-electron chi connectivity index (χ4n) is 2.08. The van der Waals surface area contributed by atoms with Gasteiger partial charge >= 0.3 is 0 Å². The molecule has 1 fully saturated rings. The maximum atomic E-state index is 12.0. The van der Waals surface area contributed by atoms with Gasteiger partial charge < -0.3 is 20.7 Å². The maximum Gasteiger partial charge on any atom is 0.253 e. The number of pyridine rings is 1. The summed E-state index contributed by atoms with van der Waals surface area (Å²) in [5, 5.41) is 8.19. The normalized spacial score (nSPS) is 20.9. The van der Waals surface area contributed by atoms with Crippen LogP contribution in [0.25, 0.3) is 0 Å². The number of nitrogens with zero attached hydrogens (tertiary/aromatic N) is 1. The van der Waals surface area contributed by atoms with Gasteiger partial charge in [0.1, 0.15) is 11.9 Å². The van der Waals surface area contributed by atoms with Gasteiger partial charge in [0.05, 0.1) is 12.6 Å². The van der Waals surface area contributed by atoms with E-state index in [9.17, 15) is 9.59 Å². The summed E-state index contributed by atoms with van der Waals surface area (Å²) in [6, 6.07) is 3.38. The van der Waals surface area contributed by atoms with Crippen LogP contribution in [0, 0.1) is 0 Å². The van der Waals surface area contributed by atoms with Crippen molar-refractivity contribution in [3.05, 3.63) is 18.3 Å². The maximum absolute atomic E-state index is 12.0. The summed E-state index contributed by atoms with van der Waals surface area (Å²) >= 11 is 0. The predicted molar refractivity (Wildman–Crippen MR) is 79.0 cm³/mol. The molecule has 7 nitrogen and oxygen atoms in total. The average molecular weight is 292 g/mol. The predicted octanol–water partition coefficient (Wildman–Crippen LogP) is 0.745. The molecule has 2 unspecified atom stereocenters. The van der Waals surface area contributed by atoms with E-state index in [1.807, 2.05) is 6.92 Å². The van der Waals surface area contributed by atoms with Crippen molar-refractivity contribution in [2.24, 2.45) is 0 Å². The van der Waals surface area contributed by atoms with Gasteiger partial charge in [-0.25, -0.2) is 4.98 Å². The first-order valence-electron chi connectivity index (χ1n) is 6.95. The Morgan fingerprint density at radius 1 is 1.43 bits per heavy atom. The standard InChI is InChI=1S/C14H20N4O3/c1-9-3-4-11(21-9)14(20)18-10-5-6-16-12(7-10)17-8-13(19)15-2/h5-7,9,11H,3-4,8H2,1-2H3,(H,15,19)(H2,16,17,18,20). The van der Waals surface area contributed by atoms with Gasteiger partial charge in [0.15, 0.2) is 0 Å². The molecule has 21 heavy (non-hydrogen) atoms. The number of hydrogen-bond donors (Lipinski definition) is 3. The number of hydrogen-bond acceptors (Lipinski definition) is 5. The molecule has 1 aromatic rings. The number of nitrogens with one attached hydrogen (secondary N) is 3. The Kier molecular flexibility index (Phi) is 5.10. The molecule has 0 radical (unpaired) electrons. The monoisotopic (exact) mass is 292 g/mol. The van der Waals surface area contributed by atoms with Crippen molar-refractivity contribution in [2.45, 2.75) is 32.0 Å². The molecule has 1 aromatic heterocycles. The Morgan fingerprint density at radius 2 is 2.24 bits per heavy atom. The highest BCUT2D eigenvalue weighted by atomic mass is 16.5. The van der Waals surface area contributed by atoms with Crippen LogP contribution in [0.3, 0.4) is 0 Å². The molecule has 1 saturated heterocycles. The molecule has 0 aromatic carbocycles. The summed E-state index contributed by atoms with van der Waals surface area (Å²) in [5.74, 6) is 0.236. The summed E-state index contributed by atoms with van der Waals surface area (Å²) in [6.07, 6.45) is 2.94. The molecule has 1 aliphatic heterocycles. The van der Waals surface area contributed by atoms with Crippen molar-refractivity contribution in [3.63, 3.8) is 0 Å². The van der Waals surface area contributed by atoms with E-state index in [2.05, 4.69) is 20.9 Å². The molecule has 1 aliphatic rings. The highest BCUT2D eigenvalue weighted by molar-refractivity contribution is 5.94. The first kappa shape index (κ1) is 15.2. The Bertz CT molecular complexity index is 521. The molecule has 114 valence electrons. The molecule has 2 atom stereocenters. The van der Waals surface area contributed by atoms with Crippen LogP contribution in [0.5, 0.6) is 0 Å². The summed E-state index contributed by atoms with van der Waals surface area (Å²) in [7, 11) is 1.57. The third-order valence-corrected chi connectivity index (χ3v) is 3.26. The van der Waals surface area contributed by atoms with E-state index in [4.69, 9.17) is 4.74 Å². The van der Waals surface area contributed by atoms with Crippen LogP contribution in [0.4, 0.5) is 11.5 Å². The van der Waals surface area contributed by atoms with Crippen LogP contribution in [0.2, 0.25) is 0 Å². The Balaban J connectivity index is 1.91. The van der Waals surface area contributed by atoms with E-state index in [0.717, 1.165) is 12.8 Å². The van der Waals surface area contributed by atoms with Crippen molar-refractivity contribution in [1.29, 1.82) is 0 Å². The number of rotatable bonds is 5.